The van der Waals surface area contributed by atoms with Crippen molar-refractivity contribution in [2.24, 2.45) is 5.92 Å². The van der Waals surface area contributed by atoms with Crippen LogP contribution in [0.15, 0.2) is 48.7 Å². The molecule has 0 bridgehead atoms. The number of piperidine rings is 1. The van der Waals surface area contributed by atoms with E-state index in [1.165, 1.54) is 11.1 Å². The molecule has 8 nitrogen and oxygen atoms in total. The molecule has 1 saturated heterocycles. The lowest BCUT2D eigenvalue weighted by Gasteiger charge is -2.31. The van der Waals surface area contributed by atoms with E-state index >= 15 is 0 Å². The number of para-hydroxylation sites is 1. The Labute approximate surface area is 181 Å². The topological polar surface area (TPSA) is 110 Å². The molecule has 0 unspecified atom stereocenters. The van der Waals surface area contributed by atoms with Gasteiger partial charge >= 0.3 is 5.97 Å². The fourth-order valence-electron chi connectivity index (χ4n) is 3.48. The standard InChI is InChI=1S/C23H23N5O3/c24-11-4-12-28(20-5-2-1-3-6-20)22(29)17-31-23(30)19-9-13-27(14-10-19)21-8-7-18(15-25)16-26-21/h1-3,5-8,16,19H,4,9-10,12-14,17H2. The van der Waals surface area contributed by atoms with Crippen LogP contribution in [-0.4, -0.2) is 43.1 Å². The number of rotatable bonds is 7. The van der Waals surface area contributed by atoms with E-state index < -0.39 is 0 Å². The first-order valence-corrected chi connectivity index (χ1v) is 10.1. The second-order valence-electron chi connectivity index (χ2n) is 7.17. The fourth-order valence-corrected chi connectivity index (χ4v) is 3.48. The highest BCUT2D eigenvalue weighted by Crippen LogP contribution is 2.23. The van der Waals surface area contributed by atoms with E-state index in [0.29, 0.717) is 37.2 Å². The van der Waals surface area contributed by atoms with Gasteiger partial charge < -0.3 is 14.5 Å². The molecule has 2 aromatic rings. The normalized spacial score (nSPS) is 13.7. The Morgan fingerprint density at radius 2 is 1.87 bits per heavy atom. The van der Waals surface area contributed by atoms with Crippen LogP contribution in [0.3, 0.4) is 0 Å². The van der Waals surface area contributed by atoms with Gasteiger partial charge in [-0.2, -0.15) is 10.5 Å². The number of nitriles is 2. The number of carbonyl (C=O) groups excluding carboxylic acids is 2. The van der Waals surface area contributed by atoms with Crippen LogP contribution in [0.25, 0.3) is 0 Å². The molecule has 8 heteroatoms. The predicted octanol–water partition coefficient (Wildman–Crippen LogP) is 2.66. The summed E-state index contributed by atoms with van der Waals surface area (Å²) < 4.78 is 5.31. The SMILES string of the molecule is N#CCCN(C(=O)COC(=O)C1CCN(c2ccc(C#N)cn2)CC1)c1ccccc1. The second kappa shape index (κ2) is 10.7. The van der Waals surface area contributed by atoms with Crippen molar-refractivity contribution in [3.05, 3.63) is 54.2 Å². The predicted molar refractivity (Wildman–Crippen MR) is 114 cm³/mol. The summed E-state index contributed by atoms with van der Waals surface area (Å²) >= 11 is 0. The average Bonchev–Trinajstić information content (AvgIpc) is 2.83. The van der Waals surface area contributed by atoms with Gasteiger partial charge in [-0.25, -0.2) is 4.98 Å². The summed E-state index contributed by atoms with van der Waals surface area (Å²) in [5.74, 6) is -0.230. The van der Waals surface area contributed by atoms with Gasteiger partial charge in [-0.15, -0.1) is 0 Å². The van der Waals surface area contributed by atoms with E-state index in [0.717, 1.165) is 5.82 Å². The van der Waals surface area contributed by atoms with Crippen molar-refractivity contribution in [3.63, 3.8) is 0 Å². The third-order valence-electron chi connectivity index (χ3n) is 5.18. The number of carbonyl (C=O) groups is 2. The van der Waals surface area contributed by atoms with Crippen molar-refractivity contribution < 1.29 is 14.3 Å². The Kier molecular flexibility index (Phi) is 7.56. The van der Waals surface area contributed by atoms with Crippen LogP contribution >= 0.6 is 0 Å². The van der Waals surface area contributed by atoms with Crippen LogP contribution in [0.2, 0.25) is 0 Å². The third-order valence-corrected chi connectivity index (χ3v) is 5.18. The Morgan fingerprint density at radius 3 is 2.48 bits per heavy atom. The molecule has 0 aliphatic carbocycles. The fraction of sp³-hybridized carbons (Fsp3) is 0.348. The van der Waals surface area contributed by atoms with Crippen molar-refractivity contribution in [2.75, 3.05) is 36.0 Å². The van der Waals surface area contributed by atoms with E-state index in [4.69, 9.17) is 15.3 Å². The summed E-state index contributed by atoms with van der Waals surface area (Å²) in [7, 11) is 0. The van der Waals surface area contributed by atoms with Crippen molar-refractivity contribution in [1.29, 1.82) is 10.5 Å². The Bertz CT molecular complexity index is 971. The average molecular weight is 417 g/mol. The minimum Gasteiger partial charge on any atom is -0.455 e. The van der Waals surface area contributed by atoms with E-state index in [1.54, 1.807) is 24.3 Å². The molecule has 1 amide bonds. The number of ether oxygens (including phenoxy) is 1. The van der Waals surface area contributed by atoms with Gasteiger partial charge in [0.2, 0.25) is 0 Å². The lowest BCUT2D eigenvalue weighted by molar-refractivity contribution is -0.152. The first-order valence-electron chi connectivity index (χ1n) is 10.1. The van der Waals surface area contributed by atoms with Gasteiger partial charge in [-0.3, -0.25) is 9.59 Å². The minimum atomic E-state index is -0.380. The largest absolute Gasteiger partial charge is 0.455 e. The Morgan fingerprint density at radius 1 is 1.13 bits per heavy atom. The summed E-state index contributed by atoms with van der Waals surface area (Å²) in [6.45, 7) is 1.18. The highest BCUT2D eigenvalue weighted by molar-refractivity contribution is 5.95. The van der Waals surface area contributed by atoms with Crippen LogP contribution in [-0.2, 0) is 14.3 Å². The van der Waals surface area contributed by atoms with Crippen molar-refractivity contribution in [1.82, 2.24) is 4.98 Å². The molecule has 3 rings (SSSR count). The maximum absolute atomic E-state index is 12.6. The number of anilines is 2. The lowest BCUT2D eigenvalue weighted by atomic mass is 9.97. The third kappa shape index (κ3) is 5.80. The Balaban J connectivity index is 1.50. The molecule has 158 valence electrons. The van der Waals surface area contributed by atoms with E-state index in [9.17, 15) is 9.59 Å². The molecule has 1 fully saturated rings. The zero-order valence-corrected chi connectivity index (χ0v) is 17.1. The second-order valence-corrected chi connectivity index (χ2v) is 7.17. The summed E-state index contributed by atoms with van der Waals surface area (Å²) in [5.41, 5.74) is 1.17. The van der Waals surface area contributed by atoms with Crippen LogP contribution in [0.5, 0.6) is 0 Å². The zero-order valence-electron chi connectivity index (χ0n) is 17.1. The van der Waals surface area contributed by atoms with Crippen LogP contribution in [0.4, 0.5) is 11.5 Å². The van der Waals surface area contributed by atoms with E-state index in [2.05, 4.69) is 9.88 Å². The smallest absolute Gasteiger partial charge is 0.309 e. The Hall–Kier alpha value is -3.91. The first kappa shape index (κ1) is 21.8. The maximum atomic E-state index is 12.6. The van der Waals surface area contributed by atoms with E-state index in [1.807, 2.05) is 30.3 Å². The number of benzene rings is 1. The van der Waals surface area contributed by atoms with Crippen LogP contribution in [0.1, 0.15) is 24.8 Å². The van der Waals surface area contributed by atoms with Crippen molar-refractivity contribution in [2.45, 2.75) is 19.3 Å². The highest BCUT2D eigenvalue weighted by Gasteiger charge is 2.28. The number of aromatic nitrogens is 1. The molecule has 0 atom stereocenters. The van der Waals surface area contributed by atoms with Crippen molar-refractivity contribution in [3.8, 4) is 12.1 Å². The molecule has 2 heterocycles. The van der Waals surface area contributed by atoms with Gasteiger partial charge in [0.15, 0.2) is 6.61 Å². The van der Waals surface area contributed by atoms with Crippen LogP contribution < -0.4 is 9.80 Å². The summed E-state index contributed by atoms with van der Waals surface area (Å²) in [6.07, 6.45) is 2.93. The number of amides is 1. The molecule has 0 spiro atoms. The molecule has 31 heavy (non-hydrogen) atoms. The molecular formula is C23H23N5O3. The molecule has 1 aliphatic heterocycles. The molecule has 1 aromatic carbocycles. The number of esters is 1. The monoisotopic (exact) mass is 417 g/mol. The lowest BCUT2D eigenvalue weighted by Crippen LogP contribution is -2.39. The number of nitrogens with zero attached hydrogens (tertiary/aromatic N) is 5. The molecule has 0 radical (unpaired) electrons. The highest BCUT2D eigenvalue weighted by atomic mass is 16.5. The van der Waals surface area contributed by atoms with Gasteiger partial charge in [0.25, 0.3) is 5.91 Å². The molecular weight excluding hydrogens is 394 g/mol. The molecule has 1 aliphatic rings. The molecule has 1 aromatic heterocycles. The van der Waals surface area contributed by atoms with Gasteiger partial charge in [0.05, 0.1) is 24.0 Å². The molecule has 0 saturated carbocycles. The van der Waals surface area contributed by atoms with Crippen LogP contribution in [0, 0.1) is 28.6 Å². The maximum Gasteiger partial charge on any atom is 0.309 e. The first-order chi connectivity index (χ1) is 15.1. The summed E-state index contributed by atoms with van der Waals surface area (Å²) in [6, 6.07) is 16.6. The van der Waals surface area contributed by atoms with Gasteiger partial charge in [0, 0.05) is 31.5 Å². The number of hydrogen-bond donors (Lipinski definition) is 0. The van der Waals surface area contributed by atoms with Crippen molar-refractivity contribution >= 4 is 23.4 Å². The number of hydrogen-bond acceptors (Lipinski definition) is 7. The quantitative estimate of drug-likeness (QED) is 0.637. The van der Waals surface area contributed by atoms with Gasteiger partial charge in [0.1, 0.15) is 11.9 Å². The van der Waals surface area contributed by atoms with E-state index in [-0.39, 0.29) is 37.4 Å². The van der Waals surface area contributed by atoms with Gasteiger partial charge in [-0.05, 0) is 37.1 Å². The number of pyridine rings is 1. The zero-order chi connectivity index (χ0) is 22.1. The summed E-state index contributed by atoms with van der Waals surface area (Å²) in [4.78, 5) is 32.9. The summed E-state index contributed by atoms with van der Waals surface area (Å²) in [5, 5.41) is 17.7. The minimum absolute atomic E-state index is 0.191. The van der Waals surface area contributed by atoms with Gasteiger partial charge in [-0.1, -0.05) is 18.2 Å². The molecule has 0 N–H and O–H groups in total.